The van der Waals surface area contributed by atoms with Gasteiger partial charge in [-0.3, -0.25) is 4.79 Å². The number of aromatic amines is 1. The van der Waals surface area contributed by atoms with E-state index in [0.29, 0.717) is 34.2 Å². The van der Waals surface area contributed by atoms with Gasteiger partial charge in [0.25, 0.3) is 5.91 Å². The minimum atomic E-state index is -0.281. The number of phenols is 1. The zero-order valence-electron chi connectivity index (χ0n) is 18.5. The van der Waals surface area contributed by atoms with E-state index in [1.165, 1.54) is 0 Å². The van der Waals surface area contributed by atoms with Crippen molar-refractivity contribution in [2.75, 3.05) is 12.4 Å². The first-order valence-corrected chi connectivity index (χ1v) is 10.6. The molecule has 0 fully saturated rings. The highest BCUT2D eigenvalue weighted by molar-refractivity contribution is 6.05. The van der Waals surface area contributed by atoms with Gasteiger partial charge in [0.2, 0.25) is 5.88 Å². The number of nitrogens with zero attached hydrogens (tertiary/aromatic N) is 3. The Kier molecular flexibility index (Phi) is 5.39. The normalized spacial score (nSPS) is 10.9. The van der Waals surface area contributed by atoms with Crippen molar-refractivity contribution < 1.29 is 14.6 Å². The average Bonchev–Trinajstić information content (AvgIpc) is 3.29. The van der Waals surface area contributed by atoms with Gasteiger partial charge in [-0.15, -0.1) is 0 Å². The Morgan fingerprint density at radius 2 is 1.91 bits per heavy atom. The zero-order valence-corrected chi connectivity index (χ0v) is 18.5. The minimum absolute atomic E-state index is 0.0778. The summed E-state index contributed by atoms with van der Waals surface area (Å²) in [5, 5.41) is 13.3. The number of anilines is 1. The predicted octanol–water partition coefficient (Wildman–Crippen LogP) is 4.96. The third-order valence-corrected chi connectivity index (χ3v) is 5.43. The number of rotatable bonds is 5. The van der Waals surface area contributed by atoms with Crippen molar-refractivity contribution in [1.29, 1.82) is 0 Å². The molecule has 3 aromatic heterocycles. The summed E-state index contributed by atoms with van der Waals surface area (Å²) < 4.78 is 5.37. The Bertz CT molecular complexity index is 1510. The van der Waals surface area contributed by atoms with E-state index < -0.39 is 0 Å². The van der Waals surface area contributed by atoms with Gasteiger partial charge < -0.3 is 20.1 Å². The number of nitrogens with one attached hydrogen (secondary N) is 2. The number of benzene rings is 2. The lowest BCUT2D eigenvalue weighted by Crippen LogP contribution is -2.12. The number of aryl methyl sites for hydroxylation is 1. The molecule has 3 N–H and O–H groups in total. The van der Waals surface area contributed by atoms with Crippen molar-refractivity contribution in [3.05, 3.63) is 84.2 Å². The second kappa shape index (κ2) is 8.67. The van der Waals surface area contributed by atoms with E-state index in [1.54, 1.807) is 55.9 Å². The second-order valence-corrected chi connectivity index (χ2v) is 7.78. The maximum atomic E-state index is 12.7. The van der Waals surface area contributed by atoms with Gasteiger partial charge in [-0.25, -0.2) is 15.0 Å². The highest BCUT2D eigenvalue weighted by Gasteiger charge is 2.15. The van der Waals surface area contributed by atoms with Crippen molar-refractivity contribution in [1.82, 2.24) is 19.9 Å². The summed E-state index contributed by atoms with van der Waals surface area (Å²) in [7, 11) is 1.56. The molecule has 0 bridgehead atoms. The van der Waals surface area contributed by atoms with Crippen LogP contribution in [0.4, 0.5) is 5.82 Å². The summed E-state index contributed by atoms with van der Waals surface area (Å²) >= 11 is 0. The molecule has 1 amide bonds. The Morgan fingerprint density at radius 1 is 1.03 bits per heavy atom. The van der Waals surface area contributed by atoms with Crippen molar-refractivity contribution >= 4 is 22.8 Å². The van der Waals surface area contributed by atoms with Crippen LogP contribution in [0.15, 0.2) is 73.1 Å². The first kappa shape index (κ1) is 21.1. The largest absolute Gasteiger partial charge is 0.507 e. The van der Waals surface area contributed by atoms with Crippen LogP contribution in [0, 0.1) is 6.92 Å². The van der Waals surface area contributed by atoms with Crippen LogP contribution in [0.1, 0.15) is 15.9 Å². The van der Waals surface area contributed by atoms with Gasteiger partial charge in [0.05, 0.1) is 23.7 Å². The van der Waals surface area contributed by atoms with E-state index >= 15 is 0 Å². The molecule has 0 aliphatic heterocycles. The number of amides is 1. The molecular weight excluding hydrogens is 430 g/mol. The van der Waals surface area contributed by atoms with E-state index in [1.807, 2.05) is 31.2 Å². The first-order chi connectivity index (χ1) is 16.5. The highest BCUT2D eigenvalue weighted by Crippen LogP contribution is 2.35. The topological polar surface area (TPSA) is 113 Å². The lowest BCUT2D eigenvalue weighted by Gasteiger charge is -2.09. The summed E-state index contributed by atoms with van der Waals surface area (Å²) in [6, 6.07) is 17.8. The maximum Gasteiger partial charge on any atom is 0.256 e. The molecule has 0 atom stereocenters. The van der Waals surface area contributed by atoms with Crippen LogP contribution in [0.25, 0.3) is 33.5 Å². The highest BCUT2D eigenvalue weighted by atomic mass is 16.5. The van der Waals surface area contributed by atoms with Gasteiger partial charge in [-0.05, 0) is 66.6 Å². The molecule has 8 nitrogen and oxygen atoms in total. The number of aromatic hydroxyl groups is 1. The number of imidazole rings is 1. The van der Waals surface area contributed by atoms with Crippen molar-refractivity contribution in [3.63, 3.8) is 0 Å². The van der Waals surface area contributed by atoms with Gasteiger partial charge in [-0.2, -0.15) is 0 Å². The summed E-state index contributed by atoms with van der Waals surface area (Å²) in [5.74, 6) is 1.24. The van der Waals surface area contributed by atoms with Crippen LogP contribution in [-0.4, -0.2) is 38.1 Å². The molecule has 168 valence electrons. The van der Waals surface area contributed by atoms with Crippen LogP contribution in [0.5, 0.6) is 11.6 Å². The molecule has 5 aromatic rings. The van der Waals surface area contributed by atoms with Crippen molar-refractivity contribution in [3.8, 4) is 34.1 Å². The maximum absolute atomic E-state index is 12.7. The number of hydrogen-bond donors (Lipinski definition) is 3. The zero-order chi connectivity index (χ0) is 23.7. The second-order valence-electron chi connectivity index (χ2n) is 7.78. The number of hydrogen-bond acceptors (Lipinski definition) is 6. The number of carbonyl (C=O) groups is 1. The summed E-state index contributed by atoms with van der Waals surface area (Å²) in [6.45, 7) is 1.93. The van der Waals surface area contributed by atoms with Crippen LogP contribution in [-0.2, 0) is 0 Å². The fraction of sp³-hybridized carbons (Fsp3) is 0.0769. The third-order valence-electron chi connectivity index (χ3n) is 5.43. The molecular formula is C26H21N5O3. The fourth-order valence-corrected chi connectivity index (χ4v) is 3.67. The van der Waals surface area contributed by atoms with Gasteiger partial charge in [0, 0.05) is 23.5 Å². The molecule has 2 aromatic carbocycles. The van der Waals surface area contributed by atoms with E-state index in [0.717, 1.165) is 22.2 Å². The molecule has 0 saturated carbocycles. The molecule has 0 spiro atoms. The Hall–Kier alpha value is -4.72. The lowest BCUT2D eigenvalue weighted by molar-refractivity contribution is 0.102. The Labute approximate surface area is 195 Å². The Balaban J connectivity index is 1.48. The molecule has 0 aliphatic rings. The number of aromatic nitrogens is 4. The van der Waals surface area contributed by atoms with Crippen LogP contribution in [0.3, 0.4) is 0 Å². The summed E-state index contributed by atoms with van der Waals surface area (Å²) in [4.78, 5) is 29.0. The van der Waals surface area contributed by atoms with Crippen LogP contribution >= 0.6 is 0 Å². The van der Waals surface area contributed by atoms with E-state index in [-0.39, 0.29) is 11.7 Å². The third kappa shape index (κ3) is 4.04. The van der Waals surface area contributed by atoms with Gasteiger partial charge in [0.15, 0.2) is 0 Å². The van der Waals surface area contributed by atoms with Gasteiger partial charge in [0.1, 0.15) is 17.4 Å². The van der Waals surface area contributed by atoms with E-state index in [4.69, 9.17) is 4.74 Å². The number of H-pyrrole nitrogens is 1. The lowest BCUT2D eigenvalue weighted by atomic mass is 10.0. The quantitative estimate of drug-likeness (QED) is 0.348. The van der Waals surface area contributed by atoms with Gasteiger partial charge in [-0.1, -0.05) is 12.1 Å². The summed E-state index contributed by atoms with van der Waals surface area (Å²) in [6.07, 6.45) is 3.35. The number of methoxy groups -OCH3 is 1. The van der Waals surface area contributed by atoms with E-state index in [2.05, 4.69) is 25.3 Å². The fourth-order valence-electron chi connectivity index (χ4n) is 3.67. The first-order valence-electron chi connectivity index (χ1n) is 10.6. The number of ether oxygens (including phenoxy) is 1. The molecule has 0 unspecified atom stereocenters. The SMILES string of the molecule is COc1ncccc1-c1ccc(O)c(-c2nc3cc(C(=O)Nc4ccc(C)cn4)ccc3[nH]2)c1. The number of pyridine rings is 2. The molecule has 5 rings (SSSR count). The monoisotopic (exact) mass is 451 g/mol. The summed E-state index contributed by atoms with van der Waals surface area (Å²) in [5.41, 5.74) is 4.94. The van der Waals surface area contributed by atoms with Crippen molar-refractivity contribution in [2.45, 2.75) is 6.92 Å². The van der Waals surface area contributed by atoms with Gasteiger partial charge >= 0.3 is 0 Å². The average molecular weight is 451 g/mol. The standard InChI is InChI=1S/C26H21N5O3/c1-15-5-10-23(28-14-15)31-25(33)17-6-8-20-21(13-17)30-24(29-20)19-12-16(7-9-22(19)32)18-4-3-11-27-26(18)34-2/h3-14,32H,1-2H3,(H,29,30)(H,28,31,33). The molecule has 8 heteroatoms. The van der Waals surface area contributed by atoms with Crippen LogP contribution in [0.2, 0.25) is 0 Å². The molecule has 0 aliphatic carbocycles. The van der Waals surface area contributed by atoms with E-state index in [9.17, 15) is 9.90 Å². The number of fused-ring (bicyclic) bond motifs is 1. The minimum Gasteiger partial charge on any atom is -0.507 e. The molecule has 0 saturated heterocycles. The number of phenolic OH excluding ortho intramolecular Hbond substituents is 1. The molecule has 0 radical (unpaired) electrons. The smallest absolute Gasteiger partial charge is 0.256 e. The Morgan fingerprint density at radius 3 is 2.71 bits per heavy atom. The van der Waals surface area contributed by atoms with Crippen LogP contribution < -0.4 is 10.1 Å². The van der Waals surface area contributed by atoms with Crippen molar-refractivity contribution in [2.24, 2.45) is 0 Å². The predicted molar refractivity (Wildman–Crippen MR) is 130 cm³/mol. The molecule has 3 heterocycles. The number of carbonyl (C=O) groups excluding carboxylic acids is 1. The molecule has 34 heavy (non-hydrogen) atoms.